The third kappa shape index (κ3) is 2.81. The topological polar surface area (TPSA) is 64.9 Å². The second-order valence-corrected chi connectivity index (χ2v) is 5.05. The third-order valence-corrected chi connectivity index (χ3v) is 3.12. The van der Waals surface area contributed by atoms with Crippen LogP contribution in [0.1, 0.15) is 38.1 Å². The van der Waals surface area contributed by atoms with Crippen molar-refractivity contribution < 1.29 is 8.91 Å². The van der Waals surface area contributed by atoms with Gasteiger partial charge in [-0.1, -0.05) is 24.6 Å². The van der Waals surface area contributed by atoms with Crippen molar-refractivity contribution in [3.05, 3.63) is 35.5 Å². The normalized spacial score (nSPS) is 14.4. The number of hydrogen-bond donors (Lipinski definition) is 1. The van der Waals surface area contributed by atoms with Gasteiger partial charge < -0.3 is 10.3 Å². The van der Waals surface area contributed by atoms with Crippen LogP contribution in [0.3, 0.4) is 0 Å². The van der Waals surface area contributed by atoms with Crippen LogP contribution < -0.4 is 5.73 Å². The minimum absolute atomic E-state index is 0.323. The average molecular weight is 263 g/mol. The summed E-state index contributed by atoms with van der Waals surface area (Å²) in [5.41, 5.74) is 7.00. The van der Waals surface area contributed by atoms with Crippen LogP contribution in [0, 0.1) is 12.7 Å². The molecule has 0 spiro atoms. The molecule has 0 radical (unpaired) electrons. The Kier molecular flexibility index (Phi) is 3.66. The van der Waals surface area contributed by atoms with Crippen LogP contribution in [0.5, 0.6) is 0 Å². The molecule has 0 aliphatic heterocycles. The summed E-state index contributed by atoms with van der Waals surface area (Å²) >= 11 is 0. The lowest BCUT2D eigenvalue weighted by Gasteiger charge is -2.18. The van der Waals surface area contributed by atoms with Gasteiger partial charge in [0.25, 0.3) is 0 Å². The molecule has 5 heteroatoms. The fraction of sp³-hybridized carbons (Fsp3) is 0.429. The van der Waals surface area contributed by atoms with Crippen molar-refractivity contribution in [3.8, 4) is 11.4 Å². The van der Waals surface area contributed by atoms with Gasteiger partial charge in [-0.3, -0.25) is 0 Å². The molecule has 19 heavy (non-hydrogen) atoms. The molecule has 0 saturated heterocycles. The molecule has 1 aromatic carbocycles. The number of rotatable bonds is 4. The number of aromatic nitrogens is 2. The lowest BCUT2D eigenvalue weighted by atomic mass is 9.98. The molecule has 102 valence electrons. The van der Waals surface area contributed by atoms with Crippen molar-refractivity contribution in [1.29, 1.82) is 0 Å². The van der Waals surface area contributed by atoms with Gasteiger partial charge in [-0.15, -0.1) is 0 Å². The highest BCUT2D eigenvalue weighted by atomic mass is 19.1. The van der Waals surface area contributed by atoms with Crippen molar-refractivity contribution in [2.45, 2.75) is 39.2 Å². The largest absolute Gasteiger partial charge is 0.337 e. The van der Waals surface area contributed by atoms with E-state index in [1.807, 2.05) is 20.8 Å². The third-order valence-electron chi connectivity index (χ3n) is 3.12. The summed E-state index contributed by atoms with van der Waals surface area (Å²) in [6.45, 7) is 5.77. The summed E-state index contributed by atoms with van der Waals surface area (Å²) in [5, 5.41) is 3.90. The highest BCUT2D eigenvalue weighted by Crippen LogP contribution is 2.26. The minimum atomic E-state index is -0.652. The molecule has 1 heterocycles. The Hall–Kier alpha value is -1.75. The zero-order valence-corrected chi connectivity index (χ0v) is 11.4. The van der Waals surface area contributed by atoms with Gasteiger partial charge in [0.15, 0.2) is 0 Å². The van der Waals surface area contributed by atoms with Crippen LogP contribution in [-0.4, -0.2) is 10.1 Å². The smallest absolute Gasteiger partial charge is 0.246 e. The van der Waals surface area contributed by atoms with Crippen molar-refractivity contribution in [2.24, 2.45) is 5.73 Å². The second-order valence-electron chi connectivity index (χ2n) is 5.05. The van der Waals surface area contributed by atoms with E-state index in [4.69, 9.17) is 10.3 Å². The first-order chi connectivity index (χ1) is 8.94. The first-order valence-electron chi connectivity index (χ1n) is 6.33. The van der Waals surface area contributed by atoms with Crippen LogP contribution in [0.2, 0.25) is 0 Å². The molecule has 1 aromatic heterocycles. The van der Waals surface area contributed by atoms with E-state index in [2.05, 4.69) is 10.1 Å². The van der Waals surface area contributed by atoms with E-state index in [1.54, 1.807) is 6.07 Å². The average Bonchev–Trinajstić information content (AvgIpc) is 2.82. The Morgan fingerprint density at radius 1 is 1.42 bits per heavy atom. The van der Waals surface area contributed by atoms with Crippen LogP contribution in [0.4, 0.5) is 4.39 Å². The number of benzene rings is 1. The van der Waals surface area contributed by atoms with Crippen LogP contribution in [0.15, 0.2) is 22.7 Å². The van der Waals surface area contributed by atoms with E-state index in [0.29, 0.717) is 17.3 Å². The summed E-state index contributed by atoms with van der Waals surface area (Å²) in [4.78, 5) is 4.30. The summed E-state index contributed by atoms with van der Waals surface area (Å²) in [5.74, 6) is 0.434. The Balaban J connectivity index is 2.38. The molecule has 0 amide bonds. The van der Waals surface area contributed by atoms with Crippen LogP contribution in [-0.2, 0) is 5.54 Å². The fourth-order valence-corrected chi connectivity index (χ4v) is 2.03. The van der Waals surface area contributed by atoms with Gasteiger partial charge >= 0.3 is 0 Å². The zero-order valence-electron chi connectivity index (χ0n) is 11.4. The monoisotopic (exact) mass is 263 g/mol. The summed E-state index contributed by atoms with van der Waals surface area (Å²) in [6, 6.07) is 4.50. The molecule has 2 N–H and O–H groups in total. The lowest BCUT2D eigenvalue weighted by Crippen LogP contribution is -2.33. The van der Waals surface area contributed by atoms with Crippen molar-refractivity contribution in [1.82, 2.24) is 10.1 Å². The van der Waals surface area contributed by atoms with Crippen molar-refractivity contribution in [3.63, 3.8) is 0 Å². The summed E-state index contributed by atoms with van der Waals surface area (Å²) in [7, 11) is 0. The lowest BCUT2D eigenvalue weighted by molar-refractivity contribution is 0.284. The Morgan fingerprint density at radius 2 is 2.16 bits per heavy atom. The van der Waals surface area contributed by atoms with Gasteiger partial charge in [0.1, 0.15) is 5.82 Å². The predicted molar refractivity (Wildman–Crippen MR) is 70.9 cm³/mol. The fourth-order valence-electron chi connectivity index (χ4n) is 2.03. The van der Waals surface area contributed by atoms with E-state index < -0.39 is 5.54 Å². The van der Waals surface area contributed by atoms with E-state index in [9.17, 15) is 4.39 Å². The number of halogens is 1. The SMILES string of the molecule is CCCC(C)(N)c1nc(-c2cc(F)ccc2C)no1. The van der Waals surface area contributed by atoms with Gasteiger partial charge in [0, 0.05) is 5.56 Å². The molecule has 2 aromatic rings. The van der Waals surface area contributed by atoms with Gasteiger partial charge in [-0.25, -0.2) is 4.39 Å². The summed E-state index contributed by atoms with van der Waals surface area (Å²) in [6.07, 6.45) is 1.67. The maximum Gasteiger partial charge on any atom is 0.246 e. The van der Waals surface area contributed by atoms with Gasteiger partial charge in [0.05, 0.1) is 5.54 Å². The van der Waals surface area contributed by atoms with E-state index in [1.165, 1.54) is 12.1 Å². The Labute approximate surface area is 111 Å². The zero-order chi connectivity index (χ0) is 14.0. The van der Waals surface area contributed by atoms with E-state index in [0.717, 1.165) is 18.4 Å². The molecule has 0 fully saturated rings. The maximum absolute atomic E-state index is 13.3. The van der Waals surface area contributed by atoms with Crippen molar-refractivity contribution >= 4 is 0 Å². The predicted octanol–water partition coefficient (Wildman–Crippen LogP) is 3.16. The number of aryl methyl sites for hydroxylation is 1. The summed E-state index contributed by atoms with van der Waals surface area (Å²) < 4.78 is 18.5. The standard InChI is InChI=1S/C14H18FN3O/c1-4-7-14(3,16)13-17-12(18-19-13)11-8-10(15)6-5-9(11)2/h5-6,8H,4,7,16H2,1-3H3. The molecule has 2 rings (SSSR count). The first-order valence-corrected chi connectivity index (χ1v) is 6.33. The minimum Gasteiger partial charge on any atom is -0.337 e. The molecule has 0 aliphatic carbocycles. The van der Waals surface area contributed by atoms with Crippen LogP contribution in [0.25, 0.3) is 11.4 Å². The molecular weight excluding hydrogens is 245 g/mol. The maximum atomic E-state index is 13.3. The highest BCUT2D eigenvalue weighted by molar-refractivity contribution is 5.59. The molecule has 1 atom stereocenters. The van der Waals surface area contributed by atoms with Gasteiger partial charge in [-0.2, -0.15) is 4.98 Å². The number of nitrogens with zero attached hydrogens (tertiary/aromatic N) is 2. The molecule has 0 bridgehead atoms. The van der Waals surface area contributed by atoms with Crippen molar-refractivity contribution in [2.75, 3.05) is 0 Å². The molecule has 0 aliphatic rings. The van der Waals surface area contributed by atoms with E-state index in [-0.39, 0.29) is 5.82 Å². The second kappa shape index (κ2) is 5.09. The number of nitrogens with two attached hydrogens (primary N) is 1. The van der Waals surface area contributed by atoms with Crippen LogP contribution >= 0.6 is 0 Å². The molecule has 1 unspecified atom stereocenters. The first kappa shape index (κ1) is 13.7. The molecule has 0 saturated carbocycles. The number of hydrogen-bond acceptors (Lipinski definition) is 4. The van der Waals surface area contributed by atoms with Gasteiger partial charge in [0.2, 0.25) is 11.7 Å². The Morgan fingerprint density at radius 3 is 2.84 bits per heavy atom. The quantitative estimate of drug-likeness (QED) is 0.920. The molecular formula is C14H18FN3O. The molecule has 4 nitrogen and oxygen atoms in total. The van der Waals surface area contributed by atoms with Gasteiger partial charge in [-0.05, 0) is 38.0 Å². The Bertz CT molecular complexity index is 578. The highest BCUT2D eigenvalue weighted by Gasteiger charge is 2.27. The van der Waals surface area contributed by atoms with E-state index >= 15 is 0 Å².